The first-order valence-corrected chi connectivity index (χ1v) is 8.22. The first-order chi connectivity index (χ1) is 12.5. The number of aromatic nitrogens is 2. The van der Waals surface area contributed by atoms with Crippen molar-refractivity contribution in [3.8, 4) is 5.75 Å². The number of fused-ring (bicyclic) bond motifs is 1. The van der Waals surface area contributed by atoms with E-state index in [1.807, 2.05) is 0 Å². The molecule has 1 aromatic carbocycles. The highest BCUT2D eigenvalue weighted by atomic mass is 19.1. The lowest BCUT2D eigenvalue weighted by Crippen LogP contribution is -2.14. The molecule has 7 nitrogen and oxygen atoms in total. The molecule has 0 bridgehead atoms. The Hall–Kier alpha value is -2.90. The zero-order valence-electron chi connectivity index (χ0n) is 14.6. The summed E-state index contributed by atoms with van der Waals surface area (Å²) in [4.78, 5) is 23.6. The van der Waals surface area contributed by atoms with Gasteiger partial charge in [-0.05, 0) is 31.4 Å². The third kappa shape index (κ3) is 3.40. The van der Waals surface area contributed by atoms with Crippen molar-refractivity contribution < 1.29 is 28.2 Å². The van der Waals surface area contributed by atoms with Gasteiger partial charge in [-0.3, -0.25) is 4.68 Å². The fourth-order valence-electron chi connectivity index (χ4n) is 3.00. The summed E-state index contributed by atoms with van der Waals surface area (Å²) in [7, 11) is 2.50. The molecule has 0 saturated heterocycles. The van der Waals surface area contributed by atoms with Gasteiger partial charge in [0, 0.05) is 12.6 Å². The van der Waals surface area contributed by atoms with Crippen LogP contribution in [0.5, 0.6) is 5.75 Å². The number of nitrogens with zero attached hydrogens (tertiary/aromatic N) is 2. The van der Waals surface area contributed by atoms with Crippen LogP contribution in [0.15, 0.2) is 18.2 Å². The summed E-state index contributed by atoms with van der Waals surface area (Å²) < 4.78 is 30.7. The van der Waals surface area contributed by atoms with Crippen LogP contribution in [0, 0.1) is 5.82 Å². The monoisotopic (exact) mass is 362 g/mol. The zero-order chi connectivity index (χ0) is 18.7. The van der Waals surface area contributed by atoms with Crippen LogP contribution < -0.4 is 4.74 Å². The molecule has 0 fully saturated rings. The van der Waals surface area contributed by atoms with E-state index in [2.05, 4.69) is 9.84 Å². The van der Waals surface area contributed by atoms with Gasteiger partial charge in [0.1, 0.15) is 29.4 Å². The number of carbonyl (C=O) groups excluding carboxylic acids is 2. The van der Waals surface area contributed by atoms with Crippen LogP contribution in [-0.2, 0) is 29.0 Å². The number of ether oxygens (including phenoxy) is 3. The number of benzene rings is 1. The number of esters is 2. The molecule has 1 aliphatic heterocycles. The molecule has 0 aliphatic carbocycles. The van der Waals surface area contributed by atoms with Gasteiger partial charge in [0.05, 0.1) is 25.5 Å². The summed E-state index contributed by atoms with van der Waals surface area (Å²) in [5.74, 6) is -1.74. The van der Waals surface area contributed by atoms with Gasteiger partial charge in [-0.25, -0.2) is 14.0 Å². The molecule has 1 aromatic heterocycles. The van der Waals surface area contributed by atoms with E-state index in [4.69, 9.17) is 9.47 Å². The van der Waals surface area contributed by atoms with Crippen molar-refractivity contribution in [2.75, 3.05) is 14.2 Å². The van der Waals surface area contributed by atoms with Crippen LogP contribution in [0.1, 0.15) is 44.9 Å². The molecular weight excluding hydrogens is 343 g/mol. The maximum absolute atomic E-state index is 14.0. The fourth-order valence-corrected chi connectivity index (χ4v) is 3.00. The molecule has 8 heteroatoms. The minimum atomic E-state index is -0.760. The summed E-state index contributed by atoms with van der Waals surface area (Å²) in [6.07, 6.45) is 2.73. The molecule has 0 unspecified atom stereocenters. The molecule has 0 N–H and O–H groups in total. The zero-order valence-corrected chi connectivity index (χ0v) is 14.6. The predicted molar refractivity (Wildman–Crippen MR) is 88.6 cm³/mol. The Labute approximate surface area is 149 Å². The first kappa shape index (κ1) is 17.9. The van der Waals surface area contributed by atoms with Gasteiger partial charge in [-0.15, -0.1) is 0 Å². The predicted octanol–water partition coefficient (Wildman–Crippen LogP) is 2.51. The molecule has 0 saturated carbocycles. The Morgan fingerprint density at radius 1 is 1.19 bits per heavy atom. The summed E-state index contributed by atoms with van der Waals surface area (Å²) in [5.41, 5.74) is 1.53. The molecule has 1 aliphatic rings. The average Bonchev–Trinajstić information content (AvgIpc) is 3.03. The molecule has 0 atom stereocenters. The number of hydrogen-bond acceptors (Lipinski definition) is 6. The summed E-state index contributed by atoms with van der Waals surface area (Å²) in [5, 5.41) is 4.44. The van der Waals surface area contributed by atoms with Crippen LogP contribution >= 0.6 is 0 Å². The van der Waals surface area contributed by atoms with E-state index in [1.165, 1.54) is 26.4 Å². The van der Waals surface area contributed by atoms with Crippen molar-refractivity contribution in [2.24, 2.45) is 0 Å². The quantitative estimate of drug-likeness (QED) is 0.761. The van der Waals surface area contributed by atoms with Crippen LogP contribution in [-0.4, -0.2) is 35.9 Å². The second kappa shape index (κ2) is 7.55. The average molecular weight is 362 g/mol. The lowest BCUT2D eigenvalue weighted by molar-refractivity contribution is 0.0586. The molecule has 26 heavy (non-hydrogen) atoms. The molecule has 2 aromatic rings. The summed E-state index contributed by atoms with van der Waals surface area (Å²) >= 11 is 0. The summed E-state index contributed by atoms with van der Waals surface area (Å²) in [6.45, 7) is 0.725. The van der Waals surface area contributed by atoms with E-state index < -0.39 is 17.8 Å². The second-order valence-corrected chi connectivity index (χ2v) is 5.86. The van der Waals surface area contributed by atoms with Crippen LogP contribution in [0.25, 0.3) is 0 Å². The molecule has 0 amide bonds. The molecule has 138 valence electrons. The number of hydrogen-bond donors (Lipinski definition) is 0. The Morgan fingerprint density at radius 3 is 2.65 bits per heavy atom. The number of aryl methyl sites for hydroxylation is 1. The molecule has 0 spiro atoms. The van der Waals surface area contributed by atoms with Crippen molar-refractivity contribution in [3.63, 3.8) is 0 Å². The van der Waals surface area contributed by atoms with Gasteiger partial charge < -0.3 is 14.2 Å². The number of methoxy groups -OCH3 is 2. The highest BCUT2D eigenvalue weighted by Crippen LogP contribution is 2.24. The van der Waals surface area contributed by atoms with Gasteiger partial charge in [-0.1, -0.05) is 0 Å². The van der Waals surface area contributed by atoms with Crippen LogP contribution in [0.2, 0.25) is 0 Å². The van der Waals surface area contributed by atoms with Gasteiger partial charge in [0.2, 0.25) is 0 Å². The summed E-state index contributed by atoms with van der Waals surface area (Å²) in [6, 6.07) is 3.85. The van der Waals surface area contributed by atoms with E-state index in [9.17, 15) is 14.0 Å². The maximum atomic E-state index is 14.0. The van der Waals surface area contributed by atoms with E-state index in [1.54, 1.807) is 4.68 Å². The van der Waals surface area contributed by atoms with Crippen molar-refractivity contribution >= 4 is 11.9 Å². The Morgan fingerprint density at radius 2 is 1.96 bits per heavy atom. The molecule has 0 radical (unpaired) electrons. The lowest BCUT2D eigenvalue weighted by atomic mass is 10.1. The second-order valence-electron chi connectivity index (χ2n) is 5.86. The largest absolute Gasteiger partial charge is 0.487 e. The third-order valence-corrected chi connectivity index (χ3v) is 4.27. The Kier molecular flexibility index (Phi) is 5.20. The standard InChI is InChI=1S/C18H19FN2O5/c1-24-17(22)12-7-6-11(9-13(12)19)26-10-14-16(18(23)25-2)15-5-3-4-8-21(15)20-14/h6-7,9H,3-5,8,10H2,1-2H3. The molecule has 3 rings (SSSR count). The SMILES string of the molecule is COC(=O)c1ccc(OCc2nn3c(c2C(=O)OC)CCCC3)cc1F. The smallest absolute Gasteiger partial charge is 0.341 e. The minimum Gasteiger partial charge on any atom is -0.487 e. The molecule has 2 heterocycles. The van der Waals surface area contributed by atoms with E-state index in [-0.39, 0.29) is 17.9 Å². The van der Waals surface area contributed by atoms with Crippen LogP contribution in [0.4, 0.5) is 4.39 Å². The van der Waals surface area contributed by atoms with Gasteiger partial charge in [0.15, 0.2) is 0 Å². The van der Waals surface area contributed by atoms with Crippen molar-refractivity contribution in [1.82, 2.24) is 9.78 Å². The van der Waals surface area contributed by atoms with E-state index >= 15 is 0 Å². The maximum Gasteiger partial charge on any atom is 0.341 e. The molecular formula is C18H19FN2O5. The number of rotatable bonds is 5. The van der Waals surface area contributed by atoms with Gasteiger partial charge >= 0.3 is 11.9 Å². The van der Waals surface area contributed by atoms with Crippen molar-refractivity contribution in [3.05, 3.63) is 46.5 Å². The number of halogens is 1. The minimum absolute atomic E-state index is 0.0125. The van der Waals surface area contributed by atoms with E-state index in [0.717, 1.165) is 37.6 Å². The Balaban J connectivity index is 1.82. The highest BCUT2D eigenvalue weighted by Gasteiger charge is 2.26. The highest BCUT2D eigenvalue weighted by molar-refractivity contribution is 5.92. The van der Waals surface area contributed by atoms with Gasteiger partial charge in [-0.2, -0.15) is 5.10 Å². The normalized spacial score (nSPS) is 13.0. The Bertz CT molecular complexity index is 846. The van der Waals surface area contributed by atoms with Crippen molar-refractivity contribution in [2.45, 2.75) is 32.4 Å². The van der Waals surface area contributed by atoms with E-state index in [0.29, 0.717) is 11.3 Å². The third-order valence-electron chi connectivity index (χ3n) is 4.27. The van der Waals surface area contributed by atoms with Crippen LogP contribution in [0.3, 0.4) is 0 Å². The van der Waals surface area contributed by atoms with Gasteiger partial charge in [0.25, 0.3) is 0 Å². The lowest BCUT2D eigenvalue weighted by Gasteiger charge is -2.13. The fraction of sp³-hybridized carbons (Fsp3) is 0.389. The number of carbonyl (C=O) groups is 2. The first-order valence-electron chi connectivity index (χ1n) is 8.22. The topological polar surface area (TPSA) is 79.7 Å². The van der Waals surface area contributed by atoms with Crippen molar-refractivity contribution in [1.29, 1.82) is 0 Å².